The van der Waals surface area contributed by atoms with Gasteiger partial charge in [-0.2, -0.15) is 0 Å². The summed E-state index contributed by atoms with van der Waals surface area (Å²) in [6.45, 7) is 57.5. The maximum atomic E-state index is 4.64. The number of rotatable bonds is 0. The molecule has 10 aliphatic heterocycles. The third-order valence-electron chi connectivity index (χ3n) is 28.2. The van der Waals surface area contributed by atoms with Gasteiger partial charge in [-0.3, -0.25) is 0 Å². The summed E-state index contributed by atoms with van der Waals surface area (Å²) < 4.78 is 0. The maximum Gasteiger partial charge on any atom is 0.252 e. The van der Waals surface area contributed by atoms with Crippen LogP contribution < -0.4 is 107 Å². The van der Waals surface area contributed by atoms with Crippen LogP contribution in [0.15, 0.2) is 146 Å². The van der Waals surface area contributed by atoms with Crippen molar-refractivity contribution in [3.8, 4) is 0 Å². The number of nitrogens with zero attached hydrogens (tertiary/aromatic N) is 4. The van der Waals surface area contributed by atoms with Gasteiger partial charge in [-0.25, -0.2) is 0 Å². The van der Waals surface area contributed by atoms with Crippen LogP contribution in [-0.4, -0.2) is 54.3 Å². The van der Waals surface area contributed by atoms with Crippen molar-refractivity contribution in [3.63, 3.8) is 0 Å². The normalized spacial score (nSPS) is 16.1. The molecule has 0 unspecified atom stereocenters. The van der Waals surface area contributed by atoms with Crippen molar-refractivity contribution in [2.45, 2.75) is 209 Å². The van der Waals surface area contributed by atoms with E-state index < -0.39 is 0 Å². The molecule has 0 saturated heterocycles. The van der Waals surface area contributed by atoms with E-state index in [-0.39, 0.29) is 70.2 Å². The van der Waals surface area contributed by atoms with E-state index in [9.17, 15) is 0 Å². The van der Waals surface area contributed by atoms with Gasteiger partial charge in [0.2, 0.25) is 13.4 Å². The van der Waals surface area contributed by atoms with Gasteiger partial charge in [0.15, 0.2) is 14.6 Å². The van der Waals surface area contributed by atoms with E-state index in [2.05, 4.69) is 357 Å². The molecule has 0 saturated carbocycles. The Morgan fingerprint density at radius 3 is 0.848 bits per heavy atom. The highest BCUT2D eigenvalue weighted by atomic mass is 15.2. The van der Waals surface area contributed by atoms with Crippen LogP contribution in [0.3, 0.4) is 0 Å². The highest BCUT2D eigenvalue weighted by molar-refractivity contribution is 7.05. The van der Waals surface area contributed by atoms with E-state index in [0.717, 1.165) is 12.9 Å². The molecule has 2 N–H and O–H groups in total. The van der Waals surface area contributed by atoms with E-state index in [0.29, 0.717) is 0 Å². The summed E-state index contributed by atoms with van der Waals surface area (Å²) in [4.78, 5) is 11.3. The molecular formula is C100H102B6N6. The second-order valence-electron chi connectivity index (χ2n) is 43.5. The lowest BCUT2D eigenvalue weighted by molar-refractivity contribution is 0.590. The molecule has 12 heteroatoms. The van der Waals surface area contributed by atoms with Gasteiger partial charge in [-0.1, -0.05) is 274 Å². The summed E-state index contributed by atoms with van der Waals surface area (Å²) in [6.07, 6.45) is 1.57. The van der Waals surface area contributed by atoms with Crippen LogP contribution in [-0.2, 0) is 43.3 Å². The van der Waals surface area contributed by atoms with Crippen molar-refractivity contribution in [1.82, 2.24) is 0 Å². The molecule has 0 aliphatic carbocycles. The minimum absolute atomic E-state index is 0.00358. The monoisotopic (exact) mass is 1450 g/mol. The smallest absolute Gasteiger partial charge is 0.252 e. The number of fused-ring (bicyclic) bond motifs is 27. The van der Waals surface area contributed by atoms with Crippen LogP contribution in [0, 0.1) is 0 Å². The largest absolute Gasteiger partial charge is 0.356 e. The fraction of sp³-hybridized carbons (Fsp3) is 0.340. The summed E-state index contributed by atoms with van der Waals surface area (Å²) in [5, 5.41) is 17.4. The van der Waals surface area contributed by atoms with Crippen LogP contribution in [0.5, 0.6) is 0 Å². The summed E-state index contributed by atoms with van der Waals surface area (Å²) in [6, 6.07) is 60.8. The summed E-state index contributed by atoms with van der Waals surface area (Å²) >= 11 is 0. The highest BCUT2D eigenvalue weighted by Crippen LogP contribution is 2.57. The third-order valence-corrected chi connectivity index (χ3v) is 28.2. The van der Waals surface area contributed by atoms with E-state index >= 15 is 0 Å². The SMILES string of the molecule is CC(C)(C)c1ccc2c(c1)[B]c1c3c4c5c6c7c(c4c4c8c9c%10c%11c%12c%13c(c%10c14)Nc1ccc(C(C)(C)C)cc1B%13c1cc(C(C)(C)C)ccc1N%12c1ccc(C(C)(C)C)cc1B%11CN9c1ccc(C(C)(C)C)cc1[B]8)Nc1ccc(C(C)(C)C)cc1B7c1cc(C(C)(C)C)ccc1N6c1ccc(C(C)(C)C)cc1B5CN23. The van der Waals surface area contributed by atoms with Gasteiger partial charge >= 0.3 is 0 Å². The zero-order valence-electron chi connectivity index (χ0n) is 70.5. The van der Waals surface area contributed by atoms with Gasteiger partial charge in [0.25, 0.3) is 13.4 Å². The molecule has 0 aromatic heterocycles. The Morgan fingerprint density at radius 2 is 0.536 bits per heavy atom. The van der Waals surface area contributed by atoms with Gasteiger partial charge in [0.05, 0.1) is 0 Å². The molecule has 10 aliphatic rings. The molecular weight excluding hydrogens is 1350 g/mol. The second kappa shape index (κ2) is 21.5. The number of hydrogen-bond donors (Lipinski definition) is 2. The first-order chi connectivity index (χ1) is 52.6. The highest BCUT2D eigenvalue weighted by Gasteiger charge is 2.56. The van der Waals surface area contributed by atoms with Crippen molar-refractivity contribution in [2.75, 3.05) is 43.1 Å². The molecule has 0 fully saturated rings. The number of nitrogens with one attached hydrogen (secondary N) is 2. The molecule has 0 bridgehead atoms. The average Bonchev–Trinajstić information content (AvgIpc) is 0.645. The molecule has 0 amide bonds. The van der Waals surface area contributed by atoms with Crippen LogP contribution in [0.4, 0.5) is 79.6 Å². The Morgan fingerprint density at radius 1 is 0.268 bits per heavy atom. The first-order valence-electron chi connectivity index (χ1n) is 41.9. The first kappa shape index (κ1) is 69.3. The fourth-order valence-electron chi connectivity index (χ4n) is 22.1. The fourth-order valence-corrected chi connectivity index (χ4v) is 22.1. The molecule has 0 atom stereocenters. The molecule has 22 rings (SSSR count). The van der Waals surface area contributed by atoms with Crippen LogP contribution >= 0.6 is 0 Å². The quantitative estimate of drug-likeness (QED) is 0.116. The maximum absolute atomic E-state index is 4.64. The Bertz CT molecular complexity index is 6030. The lowest BCUT2D eigenvalue weighted by atomic mass is 9.29. The Kier molecular flexibility index (Phi) is 13.3. The molecule has 6 nitrogen and oxygen atoms in total. The van der Waals surface area contributed by atoms with E-state index in [1.54, 1.807) is 0 Å². The first-order valence-corrected chi connectivity index (χ1v) is 41.9. The predicted molar refractivity (Wildman–Crippen MR) is 494 cm³/mol. The minimum Gasteiger partial charge on any atom is -0.356 e. The Hall–Kier alpha value is -9.39. The minimum atomic E-state index is -0.108. The predicted octanol–water partition coefficient (Wildman–Crippen LogP) is 15.4. The summed E-state index contributed by atoms with van der Waals surface area (Å²) in [5.74, 6) is 0. The summed E-state index contributed by atoms with van der Waals surface area (Å²) in [5.41, 5.74) is 47.3. The van der Waals surface area contributed by atoms with Gasteiger partial charge in [-0.05, 0) is 213 Å². The zero-order valence-corrected chi connectivity index (χ0v) is 70.5. The number of hydrogen-bond acceptors (Lipinski definition) is 6. The van der Waals surface area contributed by atoms with Crippen molar-refractivity contribution in [1.29, 1.82) is 0 Å². The Balaban J connectivity index is 1.01. The van der Waals surface area contributed by atoms with Crippen molar-refractivity contribution < 1.29 is 0 Å². The third kappa shape index (κ3) is 9.13. The molecule has 550 valence electrons. The number of anilines is 14. The van der Waals surface area contributed by atoms with E-state index in [1.165, 1.54) is 233 Å². The molecule has 10 heterocycles. The molecule has 12 aromatic carbocycles. The average molecular weight is 1450 g/mol. The van der Waals surface area contributed by atoms with Crippen LogP contribution in [0.2, 0.25) is 0 Å². The van der Waals surface area contributed by atoms with Crippen LogP contribution in [0.25, 0.3) is 32.3 Å². The van der Waals surface area contributed by atoms with Gasteiger partial charge < -0.3 is 30.2 Å². The van der Waals surface area contributed by atoms with Crippen molar-refractivity contribution in [3.05, 3.63) is 190 Å². The standard InChI is InChI=1S/C100H102B6N6/c1-93(2,3)51-27-35-69-59(41-51)101-81-75-76(78-79-83-91-86-88(78)108-68-34-26-54(96(10,11)12)44-62(68)106(86)66-48-58(100(22,23)24)31-39-73(66)111(91)71-37-29-55(97(13,14)15)45-63(71)103(83)49-109(69)89(79)81)82-90-80-77(75)87-85-92-84(80)104(50-110(90)70-36-28-52(94(4,5)6)42-60(70)102-82)64-46-56(98(16,17)18)30-38-72(64)112(92)74-40-32-57(99(19,20)21)47-65(74)105(85)61-43-53(95(7,8)9)25-33-67(61)107-87/h25-48,107-108H,49-50H2,1-24H3. The molecule has 2 radical (unpaired) electrons. The van der Waals surface area contributed by atoms with Gasteiger partial charge in [0, 0.05) is 114 Å². The lowest BCUT2D eigenvalue weighted by Gasteiger charge is -2.52. The topological polar surface area (TPSA) is 37.0 Å². The van der Waals surface area contributed by atoms with Crippen molar-refractivity contribution >= 4 is 230 Å². The molecule has 12 aromatic rings. The van der Waals surface area contributed by atoms with Crippen LogP contribution in [0.1, 0.15) is 211 Å². The van der Waals surface area contributed by atoms with Gasteiger partial charge in [-0.15, -0.1) is 0 Å². The zero-order chi connectivity index (χ0) is 78.1. The number of benzene rings is 12. The van der Waals surface area contributed by atoms with Gasteiger partial charge in [0.1, 0.15) is 0 Å². The summed E-state index contributed by atoms with van der Waals surface area (Å²) in [7, 11) is 5.44. The lowest BCUT2D eigenvalue weighted by Crippen LogP contribution is -2.68. The molecule has 112 heavy (non-hydrogen) atoms. The van der Waals surface area contributed by atoms with Crippen molar-refractivity contribution in [2.24, 2.45) is 0 Å². The molecule has 0 spiro atoms. The Labute approximate surface area is 668 Å². The van der Waals surface area contributed by atoms with E-state index in [4.69, 9.17) is 0 Å². The second-order valence-corrected chi connectivity index (χ2v) is 43.5. The van der Waals surface area contributed by atoms with E-state index in [1.807, 2.05) is 0 Å².